The largest absolute Gasteiger partial charge is 0.216 e. The molecule has 0 fully saturated rings. The Balaban J connectivity index is 3.84. The zero-order chi connectivity index (χ0) is 7.11. The second-order valence-corrected chi connectivity index (χ2v) is 1.73. The van der Waals surface area contributed by atoms with Crippen molar-refractivity contribution in [3.63, 3.8) is 0 Å². The fourth-order valence-corrected chi connectivity index (χ4v) is 0.507. The third kappa shape index (κ3) is 5.01. The standard InChI is InChI=1S/C8H11F/c1-3-5-8(2)6-4-7-9/h3-7H,1-2H3/b5-3+,7-4+,8-6-. The van der Waals surface area contributed by atoms with Gasteiger partial charge in [0, 0.05) is 0 Å². The highest BCUT2D eigenvalue weighted by Gasteiger charge is 1.73. The summed E-state index contributed by atoms with van der Waals surface area (Å²) < 4.78 is 11.3. The van der Waals surface area contributed by atoms with Crippen LogP contribution in [0.2, 0.25) is 0 Å². The van der Waals surface area contributed by atoms with Crippen LogP contribution in [0.4, 0.5) is 4.39 Å². The van der Waals surface area contributed by atoms with E-state index in [1.165, 1.54) is 6.08 Å². The minimum atomic E-state index is 0.521. The van der Waals surface area contributed by atoms with Gasteiger partial charge in [-0.15, -0.1) is 0 Å². The van der Waals surface area contributed by atoms with E-state index in [0.29, 0.717) is 6.33 Å². The van der Waals surface area contributed by atoms with E-state index in [2.05, 4.69) is 0 Å². The van der Waals surface area contributed by atoms with Crippen LogP contribution >= 0.6 is 0 Å². The molecular weight excluding hydrogens is 115 g/mol. The number of hydrogen-bond acceptors (Lipinski definition) is 0. The van der Waals surface area contributed by atoms with Gasteiger partial charge in [-0.1, -0.05) is 23.8 Å². The summed E-state index contributed by atoms with van der Waals surface area (Å²) in [6, 6.07) is 0. The van der Waals surface area contributed by atoms with Gasteiger partial charge in [0.05, 0.1) is 6.33 Å². The van der Waals surface area contributed by atoms with Gasteiger partial charge in [-0.25, -0.2) is 4.39 Å². The zero-order valence-electron chi connectivity index (χ0n) is 5.76. The third-order valence-corrected chi connectivity index (χ3v) is 0.861. The molecule has 0 aromatic heterocycles. The Kier molecular flexibility index (Phi) is 4.79. The molecule has 0 aliphatic rings. The smallest absolute Gasteiger partial charge is 0.0867 e. The predicted molar refractivity (Wildman–Crippen MR) is 38.8 cm³/mol. The van der Waals surface area contributed by atoms with Crippen LogP contribution in [-0.2, 0) is 0 Å². The maximum absolute atomic E-state index is 11.3. The number of allylic oxidation sites excluding steroid dienone is 5. The number of rotatable bonds is 2. The van der Waals surface area contributed by atoms with Gasteiger partial charge in [-0.3, -0.25) is 0 Å². The zero-order valence-corrected chi connectivity index (χ0v) is 5.76. The van der Waals surface area contributed by atoms with Crippen LogP contribution in [0.25, 0.3) is 0 Å². The molecule has 9 heavy (non-hydrogen) atoms. The van der Waals surface area contributed by atoms with Crippen LogP contribution in [0.5, 0.6) is 0 Å². The first-order valence-corrected chi connectivity index (χ1v) is 2.87. The molecule has 0 aliphatic carbocycles. The molecule has 0 saturated carbocycles. The molecule has 0 radical (unpaired) electrons. The van der Waals surface area contributed by atoms with Crippen molar-refractivity contribution in [3.8, 4) is 0 Å². The second kappa shape index (κ2) is 5.29. The molecule has 0 spiro atoms. The molecule has 0 atom stereocenters. The van der Waals surface area contributed by atoms with Crippen LogP contribution in [-0.4, -0.2) is 0 Å². The summed E-state index contributed by atoms with van der Waals surface area (Å²) in [6.07, 6.45) is 7.43. The van der Waals surface area contributed by atoms with Gasteiger partial charge < -0.3 is 0 Å². The van der Waals surface area contributed by atoms with E-state index in [1.54, 1.807) is 6.08 Å². The monoisotopic (exact) mass is 126 g/mol. The van der Waals surface area contributed by atoms with E-state index < -0.39 is 0 Å². The van der Waals surface area contributed by atoms with E-state index in [1.807, 2.05) is 26.0 Å². The van der Waals surface area contributed by atoms with E-state index in [9.17, 15) is 4.39 Å². The normalized spacial score (nSPS) is 13.9. The molecule has 0 aromatic rings. The number of halogens is 1. The highest BCUT2D eigenvalue weighted by molar-refractivity contribution is 5.20. The summed E-state index contributed by atoms with van der Waals surface area (Å²) in [7, 11) is 0. The van der Waals surface area contributed by atoms with Gasteiger partial charge in [-0.05, 0) is 19.9 Å². The molecule has 0 amide bonds. The molecule has 0 heterocycles. The van der Waals surface area contributed by atoms with Crippen molar-refractivity contribution < 1.29 is 4.39 Å². The van der Waals surface area contributed by atoms with Crippen LogP contribution < -0.4 is 0 Å². The van der Waals surface area contributed by atoms with Crippen LogP contribution in [0, 0.1) is 0 Å². The quantitative estimate of drug-likeness (QED) is 0.499. The van der Waals surface area contributed by atoms with Gasteiger partial charge in [0.25, 0.3) is 0 Å². The second-order valence-electron chi connectivity index (χ2n) is 1.73. The molecular formula is C8H11F. The third-order valence-electron chi connectivity index (χ3n) is 0.861. The maximum Gasteiger partial charge on any atom is 0.0867 e. The van der Waals surface area contributed by atoms with Crippen LogP contribution in [0.1, 0.15) is 13.8 Å². The molecule has 0 bridgehead atoms. The Morgan fingerprint density at radius 1 is 1.44 bits per heavy atom. The summed E-state index contributed by atoms with van der Waals surface area (Å²) in [5.74, 6) is 0. The first-order valence-electron chi connectivity index (χ1n) is 2.87. The summed E-state index contributed by atoms with van der Waals surface area (Å²) >= 11 is 0. The molecule has 0 saturated heterocycles. The van der Waals surface area contributed by atoms with E-state index in [0.717, 1.165) is 5.57 Å². The summed E-state index contributed by atoms with van der Waals surface area (Å²) in [4.78, 5) is 0. The van der Waals surface area contributed by atoms with Crippen molar-refractivity contribution >= 4 is 0 Å². The van der Waals surface area contributed by atoms with Crippen molar-refractivity contribution in [2.75, 3.05) is 0 Å². The molecule has 0 aliphatic heterocycles. The van der Waals surface area contributed by atoms with Gasteiger partial charge in [0.2, 0.25) is 0 Å². The lowest BCUT2D eigenvalue weighted by molar-refractivity contribution is 0.721. The lowest BCUT2D eigenvalue weighted by atomic mass is 10.2. The Hall–Kier alpha value is -0.850. The molecule has 0 unspecified atom stereocenters. The molecule has 0 aromatic carbocycles. The van der Waals surface area contributed by atoms with E-state index in [-0.39, 0.29) is 0 Å². The topological polar surface area (TPSA) is 0 Å². The Labute approximate surface area is 55.4 Å². The highest BCUT2D eigenvalue weighted by Crippen LogP contribution is 1.94. The Morgan fingerprint density at radius 3 is 2.56 bits per heavy atom. The lowest BCUT2D eigenvalue weighted by Crippen LogP contribution is -1.62. The van der Waals surface area contributed by atoms with Gasteiger partial charge in [0.1, 0.15) is 0 Å². The fraction of sp³-hybridized carbons (Fsp3) is 0.250. The minimum absolute atomic E-state index is 0.521. The van der Waals surface area contributed by atoms with Crippen molar-refractivity contribution in [1.29, 1.82) is 0 Å². The van der Waals surface area contributed by atoms with Crippen LogP contribution in [0.15, 0.2) is 36.2 Å². The highest BCUT2D eigenvalue weighted by atomic mass is 19.1. The molecule has 0 N–H and O–H groups in total. The Morgan fingerprint density at radius 2 is 2.11 bits per heavy atom. The van der Waals surface area contributed by atoms with Gasteiger partial charge in [-0.2, -0.15) is 0 Å². The SMILES string of the molecule is C/C=C/C(C)=C\C=C\F. The predicted octanol–water partition coefficient (Wildman–Crippen LogP) is 2.99. The lowest BCUT2D eigenvalue weighted by Gasteiger charge is -1.83. The first-order chi connectivity index (χ1) is 4.31. The van der Waals surface area contributed by atoms with Gasteiger partial charge >= 0.3 is 0 Å². The fourth-order valence-electron chi connectivity index (χ4n) is 0.507. The summed E-state index contributed by atoms with van der Waals surface area (Å²) in [6.45, 7) is 3.84. The van der Waals surface area contributed by atoms with Crippen molar-refractivity contribution in [2.45, 2.75) is 13.8 Å². The average molecular weight is 126 g/mol. The molecule has 50 valence electrons. The van der Waals surface area contributed by atoms with Crippen molar-refractivity contribution in [1.82, 2.24) is 0 Å². The summed E-state index contributed by atoms with van der Waals surface area (Å²) in [5.41, 5.74) is 1.05. The van der Waals surface area contributed by atoms with E-state index in [4.69, 9.17) is 0 Å². The Bertz CT molecular complexity index is 141. The molecule has 1 heteroatoms. The van der Waals surface area contributed by atoms with Crippen molar-refractivity contribution in [2.24, 2.45) is 0 Å². The van der Waals surface area contributed by atoms with Crippen LogP contribution in [0.3, 0.4) is 0 Å². The average Bonchev–Trinajstić information content (AvgIpc) is 1.85. The number of hydrogen-bond donors (Lipinski definition) is 0. The van der Waals surface area contributed by atoms with Gasteiger partial charge in [0.15, 0.2) is 0 Å². The molecule has 0 rings (SSSR count). The van der Waals surface area contributed by atoms with E-state index >= 15 is 0 Å². The maximum atomic E-state index is 11.3. The summed E-state index contributed by atoms with van der Waals surface area (Å²) in [5, 5.41) is 0. The first kappa shape index (κ1) is 8.15. The molecule has 0 nitrogen and oxygen atoms in total. The van der Waals surface area contributed by atoms with Crippen molar-refractivity contribution in [3.05, 3.63) is 36.2 Å². The minimum Gasteiger partial charge on any atom is -0.216 e.